The Bertz CT molecular complexity index is 638. The van der Waals surface area contributed by atoms with Crippen molar-refractivity contribution >= 4 is 29.5 Å². The molecule has 1 aliphatic rings. The zero-order valence-electron chi connectivity index (χ0n) is 14.1. The molecule has 0 bridgehead atoms. The van der Waals surface area contributed by atoms with E-state index in [0.717, 1.165) is 0 Å². The van der Waals surface area contributed by atoms with Crippen molar-refractivity contribution in [3.63, 3.8) is 0 Å². The van der Waals surface area contributed by atoms with E-state index in [2.05, 4.69) is 0 Å². The highest BCUT2D eigenvalue weighted by Gasteiger charge is 2.38. The van der Waals surface area contributed by atoms with Crippen molar-refractivity contribution in [3.05, 3.63) is 23.2 Å². The van der Waals surface area contributed by atoms with Crippen LogP contribution in [0.25, 0.3) is 0 Å². The maximum atomic E-state index is 12.7. The second-order valence-corrected chi connectivity index (χ2v) is 6.41. The van der Waals surface area contributed by atoms with Crippen molar-refractivity contribution in [2.45, 2.75) is 33.2 Å². The van der Waals surface area contributed by atoms with E-state index in [0.29, 0.717) is 31.1 Å². The highest BCUT2D eigenvalue weighted by atomic mass is 32.2. The Labute approximate surface area is 145 Å². The van der Waals surface area contributed by atoms with Crippen LogP contribution in [0.4, 0.5) is 0 Å². The third kappa shape index (κ3) is 3.43. The van der Waals surface area contributed by atoms with Crippen LogP contribution in [0.5, 0.6) is 0 Å². The Balaban J connectivity index is 2.25. The fraction of sp³-hybridized carbons (Fsp3) is 0.562. The second kappa shape index (κ2) is 7.74. The van der Waals surface area contributed by atoms with Gasteiger partial charge in [-0.1, -0.05) is 6.92 Å². The smallest absolute Gasteiger partial charge is 0.339 e. The van der Waals surface area contributed by atoms with Gasteiger partial charge in [-0.2, -0.15) is 0 Å². The van der Waals surface area contributed by atoms with E-state index in [9.17, 15) is 19.5 Å². The fourth-order valence-corrected chi connectivity index (χ4v) is 3.86. The third-order valence-electron chi connectivity index (χ3n) is 4.07. The summed E-state index contributed by atoms with van der Waals surface area (Å²) in [5.74, 6) is -0.476. The Morgan fingerprint density at radius 2 is 2.00 bits per heavy atom. The van der Waals surface area contributed by atoms with Gasteiger partial charge in [0.25, 0.3) is 5.91 Å². The minimum absolute atomic E-state index is 0.000630. The number of carboxylic acids is 1. The molecule has 1 aromatic rings. The lowest BCUT2D eigenvalue weighted by Gasteiger charge is -2.27. The van der Waals surface area contributed by atoms with E-state index in [1.807, 2.05) is 13.8 Å². The molecule has 2 rings (SSSR count). The van der Waals surface area contributed by atoms with Gasteiger partial charge in [0.05, 0.1) is 5.88 Å². The maximum Gasteiger partial charge on any atom is 0.339 e. The molecular weight excluding hydrogens is 332 g/mol. The molecule has 7 nitrogen and oxygen atoms in total. The summed E-state index contributed by atoms with van der Waals surface area (Å²) in [5, 5.41) is 9.18. The number of amides is 2. The van der Waals surface area contributed by atoms with Crippen LogP contribution in [0.15, 0.2) is 10.5 Å². The second-order valence-electron chi connectivity index (χ2n) is 5.41. The summed E-state index contributed by atoms with van der Waals surface area (Å²) in [6.07, 6.45) is 0.380. The lowest BCUT2D eigenvalue weighted by atomic mass is 10.2. The molecule has 1 fully saturated rings. The van der Waals surface area contributed by atoms with Crippen LogP contribution >= 0.6 is 11.8 Å². The number of furan rings is 1. The summed E-state index contributed by atoms with van der Waals surface area (Å²) in [6.45, 7) is 6.73. The molecule has 1 aliphatic heterocycles. The van der Waals surface area contributed by atoms with Gasteiger partial charge in [-0.3, -0.25) is 9.59 Å². The first-order valence-corrected chi connectivity index (χ1v) is 9.13. The predicted octanol–water partition coefficient (Wildman–Crippen LogP) is 1.92. The number of aryl methyl sites for hydroxylation is 1. The molecular formula is C16H22N2O5S. The van der Waals surface area contributed by atoms with E-state index in [1.54, 1.807) is 11.8 Å². The van der Waals surface area contributed by atoms with Crippen LogP contribution in [0.3, 0.4) is 0 Å². The van der Waals surface area contributed by atoms with E-state index in [4.69, 9.17) is 4.42 Å². The topological polar surface area (TPSA) is 91.1 Å². The van der Waals surface area contributed by atoms with Crippen molar-refractivity contribution in [3.8, 4) is 0 Å². The maximum absolute atomic E-state index is 12.7. The van der Waals surface area contributed by atoms with Gasteiger partial charge in [0, 0.05) is 31.3 Å². The number of rotatable bonds is 6. The number of carboxylic acid groups (broad SMARTS) is 1. The van der Waals surface area contributed by atoms with Gasteiger partial charge in [0.1, 0.15) is 17.4 Å². The summed E-state index contributed by atoms with van der Waals surface area (Å²) >= 11 is 1.50. The number of carbonyl (C=O) groups excluding carboxylic acids is 2. The van der Waals surface area contributed by atoms with Gasteiger partial charge in [-0.05, 0) is 13.8 Å². The number of hydrogen-bond acceptors (Lipinski definition) is 5. The minimum Gasteiger partial charge on any atom is -0.478 e. The fourth-order valence-electron chi connectivity index (χ4n) is 2.71. The van der Waals surface area contributed by atoms with Crippen molar-refractivity contribution in [1.82, 2.24) is 9.80 Å². The van der Waals surface area contributed by atoms with Gasteiger partial charge in [-0.25, -0.2) is 4.79 Å². The molecule has 1 saturated heterocycles. The average molecular weight is 354 g/mol. The van der Waals surface area contributed by atoms with E-state index in [-0.39, 0.29) is 23.0 Å². The van der Waals surface area contributed by atoms with Crippen molar-refractivity contribution in [2.75, 3.05) is 24.7 Å². The Morgan fingerprint density at radius 3 is 2.50 bits per heavy atom. The highest BCUT2D eigenvalue weighted by Crippen LogP contribution is 2.26. The standard InChI is InChI=1S/C16H22N2O5S/c1-4-12-10(16(21)22)7-13(23-12)15(20)18-9-24-8-11(18)14(19)17(5-2)6-3/h7,11H,4-6,8-9H2,1-3H3,(H,21,22). The molecule has 0 spiro atoms. The Hall–Kier alpha value is -1.96. The lowest BCUT2D eigenvalue weighted by molar-refractivity contribution is -0.134. The molecule has 0 aliphatic carbocycles. The summed E-state index contributed by atoms with van der Waals surface area (Å²) < 4.78 is 5.43. The van der Waals surface area contributed by atoms with Gasteiger partial charge in [0.2, 0.25) is 5.91 Å². The molecule has 24 heavy (non-hydrogen) atoms. The molecule has 1 unspecified atom stereocenters. The molecule has 132 valence electrons. The summed E-state index contributed by atoms with van der Waals surface area (Å²) in [4.78, 5) is 39.7. The summed E-state index contributed by atoms with van der Waals surface area (Å²) in [7, 11) is 0. The van der Waals surface area contributed by atoms with Gasteiger partial charge < -0.3 is 19.3 Å². The average Bonchev–Trinajstić information content (AvgIpc) is 3.22. The molecule has 1 aromatic heterocycles. The zero-order valence-corrected chi connectivity index (χ0v) is 14.9. The molecule has 8 heteroatoms. The number of thioether (sulfide) groups is 1. The predicted molar refractivity (Wildman–Crippen MR) is 90.3 cm³/mol. The van der Waals surface area contributed by atoms with Crippen LogP contribution in [0.2, 0.25) is 0 Å². The first kappa shape index (κ1) is 18.4. The van der Waals surface area contributed by atoms with Crippen LogP contribution in [0.1, 0.15) is 47.4 Å². The van der Waals surface area contributed by atoms with Crippen LogP contribution in [-0.2, 0) is 11.2 Å². The van der Waals surface area contributed by atoms with Crippen molar-refractivity contribution in [1.29, 1.82) is 0 Å². The Kier molecular flexibility index (Phi) is 5.93. The molecule has 0 aromatic carbocycles. The first-order valence-electron chi connectivity index (χ1n) is 7.97. The molecule has 2 heterocycles. The Morgan fingerprint density at radius 1 is 1.33 bits per heavy atom. The normalized spacial score (nSPS) is 17.1. The number of likely N-dealkylation sites (N-methyl/N-ethyl adjacent to an activating group) is 1. The highest BCUT2D eigenvalue weighted by molar-refractivity contribution is 7.99. The number of carbonyl (C=O) groups is 3. The largest absolute Gasteiger partial charge is 0.478 e. The van der Waals surface area contributed by atoms with Crippen LogP contribution in [-0.4, -0.2) is 63.5 Å². The summed E-state index contributed by atoms with van der Waals surface area (Å²) in [6, 6.07) is 0.719. The zero-order chi connectivity index (χ0) is 17.9. The van der Waals surface area contributed by atoms with Crippen LogP contribution < -0.4 is 0 Å². The number of nitrogens with zero attached hydrogens (tertiary/aromatic N) is 2. The quantitative estimate of drug-likeness (QED) is 0.839. The van der Waals surface area contributed by atoms with Gasteiger partial charge in [-0.15, -0.1) is 11.8 Å². The molecule has 1 atom stereocenters. The van der Waals surface area contributed by atoms with Crippen molar-refractivity contribution < 1.29 is 23.9 Å². The molecule has 0 radical (unpaired) electrons. The van der Waals surface area contributed by atoms with Crippen LogP contribution in [0, 0.1) is 0 Å². The minimum atomic E-state index is -1.12. The number of aromatic carboxylic acids is 1. The van der Waals surface area contributed by atoms with Crippen molar-refractivity contribution in [2.24, 2.45) is 0 Å². The monoisotopic (exact) mass is 354 g/mol. The van der Waals surface area contributed by atoms with E-state index >= 15 is 0 Å². The van der Waals surface area contributed by atoms with E-state index in [1.165, 1.54) is 22.7 Å². The summed E-state index contributed by atoms with van der Waals surface area (Å²) in [5.41, 5.74) is -0.000630. The molecule has 2 amide bonds. The first-order chi connectivity index (χ1) is 11.4. The third-order valence-corrected chi connectivity index (χ3v) is 5.09. The number of hydrogen-bond donors (Lipinski definition) is 1. The molecule has 1 N–H and O–H groups in total. The molecule has 0 saturated carbocycles. The SMILES string of the molecule is CCc1oc(C(=O)N2CSCC2C(=O)N(CC)CC)cc1C(=O)O. The van der Waals surface area contributed by atoms with Gasteiger partial charge in [0.15, 0.2) is 5.76 Å². The van der Waals surface area contributed by atoms with Gasteiger partial charge >= 0.3 is 5.97 Å². The lowest BCUT2D eigenvalue weighted by Crippen LogP contribution is -2.48. The van der Waals surface area contributed by atoms with E-state index < -0.39 is 17.9 Å².